The van der Waals surface area contributed by atoms with Gasteiger partial charge in [0.05, 0.1) is 0 Å². The van der Waals surface area contributed by atoms with E-state index >= 15 is 0 Å². The van der Waals surface area contributed by atoms with Crippen molar-refractivity contribution in [1.82, 2.24) is 0 Å². The van der Waals surface area contributed by atoms with E-state index in [0.29, 0.717) is 0 Å². The maximum atomic E-state index is 8.52. The van der Waals surface area contributed by atoms with Gasteiger partial charge in [-0.15, -0.1) is 0 Å². The quantitative estimate of drug-likeness (QED) is 0.360. The molecular weight excluding hydrogens is 392 g/mol. The molecule has 0 heterocycles. The van der Waals surface area contributed by atoms with Crippen LogP contribution in [0, 0.1) is 0 Å². The van der Waals surface area contributed by atoms with Gasteiger partial charge in [-0.2, -0.15) is 0 Å². The van der Waals surface area contributed by atoms with E-state index in [1.807, 2.05) is 0 Å². The first-order chi connectivity index (χ1) is 5.20. The van der Waals surface area contributed by atoms with Crippen molar-refractivity contribution in [2.75, 3.05) is 0 Å². The van der Waals surface area contributed by atoms with Gasteiger partial charge < -0.3 is 42.2 Å². The van der Waals surface area contributed by atoms with Crippen molar-refractivity contribution in [3.8, 4) is 0 Å². The molecule has 0 rings (SSSR count). The molecule has 0 aliphatic rings. The smallest absolute Gasteiger partial charge is 0.672 e. The Morgan fingerprint density at radius 3 is 0.500 bits per heavy atom. The molecule has 0 aliphatic heterocycles. The van der Waals surface area contributed by atoms with Gasteiger partial charge in [-0.25, -0.2) is 0 Å². The summed E-state index contributed by atoms with van der Waals surface area (Å²) in [5, 5.41) is 0. The van der Waals surface area contributed by atoms with Crippen LogP contribution in [-0.2, 0) is 47.5 Å². The number of rotatable bonds is 0. The molecule has 0 N–H and O–H groups in total. The van der Waals surface area contributed by atoms with Crippen LogP contribution in [0.3, 0.4) is 0 Å². The molecule has 0 unspecified atom stereocenters. The molecule has 0 saturated carbocycles. The molecule has 0 bridgehead atoms. The summed E-state index contributed by atoms with van der Waals surface area (Å²) in [6.07, 6.45) is 0. The Hall–Kier alpha value is 0.955. The molecule has 0 saturated heterocycles. The Labute approximate surface area is 137 Å². The van der Waals surface area contributed by atoms with Gasteiger partial charge in [0.25, 0.3) is 0 Å². The zero-order valence-corrected chi connectivity index (χ0v) is 14.8. The van der Waals surface area contributed by atoms with Crippen LogP contribution in [0.4, 0.5) is 0 Å². The van der Waals surface area contributed by atoms with E-state index in [1.165, 1.54) is 0 Å². The van der Waals surface area contributed by atoms with E-state index in [4.69, 9.17) is 42.2 Å². The topological polar surface area (TPSA) is 190 Å². The van der Waals surface area contributed by atoms with Crippen LogP contribution in [-0.4, -0.2) is 62.2 Å². The molecule has 0 atom stereocenters. The molecule has 16 heteroatoms. The third kappa shape index (κ3) is 3200. The van der Waals surface area contributed by atoms with Gasteiger partial charge in [-0.3, -0.25) is 0 Å². The standard InChI is InChI=1S/2Al.2Mn.3O3Si/c;;;;3*1-4(2)3/q2*+3;;;3*-2. The summed E-state index contributed by atoms with van der Waals surface area (Å²) in [5.41, 5.74) is 0. The molecule has 0 aromatic heterocycles. The fraction of sp³-hybridized carbons (Fsp3) is 0. The maximum Gasteiger partial charge on any atom is 3.00 e. The fourth-order valence-electron chi connectivity index (χ4n) is 0. The summed E-state index contributed by atoms with van der Waals surface area (Å²) in [5.74, 6) is 0. The zero-order valence-electron chi connectivity index (χ0n) is 7.08. The summed E-state index contributed by atoms with van der Waals surface area (Å²) < 4.78 is 25.6. The van der Waals surface area contributed by atoms with E-state index in [9.17, 15) is 0 Å². The third-order valence-electron chi connectivity index (χ3n) is 0. The van der Waals surface area contributed by atoms with Gasteiger partial charge in [0.2, 0.25) is 0 Å². The van der Waals surface area contributed by atoms with Crippen molar-refractivity contribution >= 4 is 62.2 Å². The predicted molar refractivity (Wildman–Crippen MR) is 30.8 cm³/mol. The molecule has 0 fully saturated rings. The molecule has 0 aromatic carbocycles. The maximum absolute atomic E-state index is 8.52. The molecule has 0 amide bonds. The van der Waals surface area contributed by atoms with E-state index in [2.05, 4.69) is 0 Å². The van der Waals surface area contributed by atoms with Crippen LogP contribution in [0.1, 0.15) is 0 Å². The van der Waals surface area contributed by atoms with Crippen molar-refractivity contribution < 1.29 is 76.3 Å². The van der Waals surface area contributed by atoms with Gasteiger partial charge in [0, 0.05) is 61.6 Å². The first-order valence-electron chi connectivity index (χ1n) is 1.84. The summed E-state index contributed by atoms with van der Waals surface area (Å²) in [7, 11) is -10.9. The fourth-order valence-corrected chi connectivity index (χ4v) is 0. The van der Waals surface area contributed by atoms with Gasteiger partial charge in [-0.05, 0) is 0 Å². The number of hydrogen-bond acceptors (Lipinski definition) is 9. The second kappa shape index (κ2) is 36.0. The van der Waals surface area contributed by atoms with Crippen LogP contribution in [0.2, 0.25) is 0 Å². The van der Waals surface area contributed by atoms with Crippen LogP contribution in [0.25, 0.3) is 0 Å². The SMILES string of the molecule is O=[Si]([O-])[O-].O=[Si]([O-])[O-].O=[Si]([O-])[O-].[Al+3].[Al+3].[Mn].[Mn]. The first kappa shape index (κ1) is 43.6. The van der Waals surface area contributed by atoms with Crippen molar-refractivity contribution in [2.24, 2.45) is 0 Å². The minimum Gasteiger partial charge on any atom is -0.672 e. The van der Waals surface area contributed by atoms with Gasteiger partial charge >= 0.3 is 34.7 Å². The average Bonchev–Trinajstić information content (AvgIpc) is 1.54. The second-order valence-corrected chi connectivity index (χ2v) is 2.25. The monoisotopic (exact) mass is 392 g/mol. The van der Waals surface area contributed by atoms with E-state index in [-0.39, 0.29) is 68.9 Å². The van der Waals surface area contributed by atoms with Gasteiger partial charge in [0.15, 0.2) is 0 Å². The molecule has 2 radical (unpaired) electrons. The Kier molecular flexibility index (Phi) is 98.0. The summed E-state index contributed by atoms with van der Waals surface area (Å²) >= 11 is 0. The Morgan fingerprint density at radius 1 is 0.500 bits per heavy atom. The van der Waals surface area contributed by atoms with Crippen LogP contribution < -0.4 is 28.8 Å². The van der Waals surface area contributed by atoms with E-state index in [1.54, 1.807) is 0 Å². The van der Waals surface area contributed by atoms with Crippen molar-refractivity contribution in [1.29, 1.82) is 0 Å². The van der Waals surface area contributed by atoms with Gasteiger partial charge in [0.1, 0.15) is 0 Å². The van der Waals surface area contributed by atoms with Crippen LogP contribution >= 0.6 is 0 Å². The Balaban J connectivity index is -0.0000000135. The summed E-state index contributed by atoms with van der Waals surface area (Å²) in [6, 6.07) is 0. The van der Waals surface area contributed by atoms with Crippen LogP contribution in [0.15, 0.2) is 0 Å². The van der Waals surface area contributed by atoms with Crippen LogP contribution in [0.5, 0.6) is 0 Å². The molecular formula is Al2Mn2O9Si3. The minimum absolute atomic E-state index is 0. The largest absolute Gasteiger partial charge is 3.00 e. The normalized spacial score (nSPS) is 4.50. The molecule has 86 valence electrons. The summed E-state index contributed by atoms with van der Waals surface area (Å²) in [6.45, 7) is 0. The predicted octanol–water partition coefficient (Wildman–Crippen LogP) is -9.40. The second-order valence-electron chi connectivity index (χ2n) is 0.750. The molecule has 9 nitrogen and oxygen atoms in total. The van der Waals surface area contributed by atoms with Crippen molar-refractivity contribution in [3.63, 3.8) is 0 Å². The number of hydrogen-bond donors (Lipinski definition) is 0. The molecule has 0 aromatic rings. The minimum atomic E-state index is -3.63. The molecule has 0 aliphatic carbocycles. The third-order valence-corrected chi connectivity index (χ3v) is 0. The molecule has 0 spiro atoms. The zero-order chi connectivity index (χ0) is 10.7. The van der Waals surface area contributed by atoms with E-state index in [0.717, 1.165) is 0 Å². The Morgan fingerprint density at radius 2 is 0.500 bits per heavy atom. The first-order valence-corrected chi connectivity index (χ1v) is 5.51. The van der Waals surface area contributed by atoms with Crippen molar-refractivity contribution in [2.45, 2.75) is 0 Å². The molecule has 16 heavy (non-hydrogen) atoms. The Bertz CT molecular complexity index is 124. The average molecular weight is 392 g/mol. The van der Waals surface area contributed by atoms with Gasteiger partial charge in [-0.1, -0.05) is 0 Å². The van der Waals surface area contributed by atoms with Crippen molar-refractivity contribution in [3.05, 3.63) is 0 Å². The summed E-state index contributed by atoms with van der Waals surface area (Å²) in [4.78, 5) is 51.1. The van der Waals surface area contributed by atoms with E-state index < -0.39 is 27.5 Å².